The first-order valence-electron chi connectivity index (χ1n) is 10.8. The van der Waals surface area contributed by atoms with Gasteiger partial charge in [-0.1, -0.05) is 76.6 Å². The number of fused-ring (bicyclic) bond motifs is 1. The molecule has 0 unspecified atom stereocenters. The largest absolute Gasteiger partial charge is 0.352 e. The van der Waals surface area contributed by atoms with Crippen molar-refractivity contribution in [2.75, 3.05) is 13.1 Å². The van der Waals surface area contributed by atoms with Crippen molar-refractivity contribution in [3.63, 3.8) is 0 Å². The third kappa shape index (κ3) is 5.17. The van der Waals surface area contributed by atoms with Gasteiger partial charge in [0.1, 0.15) is 0 Å². The molecule has 1 N–H and O–H groups in total. The van der Waals surface area contributed by atoms with Crippen LogP contribution in [-0.2, 0) is 16.1 Å². The van der Waals surface area contributed by atoms with E-state index >= 15 is 0 Å². The van der Waals surface area contributed by atoms with Gasteiger partial charge in [0.15, 0.2) is 0 Å². The van der Waals surface area contributed by atoms with Crippen LogP contribution in [-0.4, -0.2) is 29.8 Å². The highest BCUT2D eigenvalue weighted by Crippen LogP contribution is 2.31. The number of amides is 2. The van der Waals surface area contributed by atoms with Gasteiger partial charge in [-0.25, -0.2) is 0 Å². The van der Waals surface area contributed by atoms with Crippen LogP contribution in [0.25, 0.3) is 10.8 Å². The van der Waals surface area contributed by atoms with Crippen LogP contribution in [0.4, 0.5) is 0 Å². The Hall–Kier alpha value is -2.36. The summed E-state index contributed by atoms with van der Waals surface area (Å²) in [4.78, 5) is 27.3. The van der Waals surface area contributed by atoms with Crippen LogP contribution in [0, 0.1) is 17.3 Å². The molecule has 4 nitrogen and oxygen atoms in total. The summed E-state index contributed by atoms with van der Waals surface area (Å²) < 4.78 is 0. The summed E-state index contributed by atoms with van der Waals surface area (Å²) in [5.41, 5.74) is 0.801. The minimum Gasteiger partial charge on any atom is -0.352 e. The molecule has 0 radical (unpaired) electrons. The number of likely N-dealkylation sites (tertiary alicyclic amines) is 1. The first kappa shape index (κ1) is 21.4. The Kier molecular flexibility index (Phi) is 6.61. The summed E-state index contributed by atoms with van der Waals surface area (Å²) in [6.45, 7) is 10.2. The molecule has 1 heterocycles. The summed E-state index contributed by atoms with van der Waals surface area (Å²) in [6.07, 6.45) is 2.44. The van der Waals surface area contributed by atoms with Crippen LogP contribution >= 0.6 is 0 Å². The third-order valence-corrected chi connectivity index (χ3v) is 6.15. The van der Waals surface area contributed by atoms with Gasteiger partial charge in [0.25, 0.3) is 0 Å². The lowest BCUT2D eigenvalue weighted by Crippen LogP contribution is -2.48. The molecule has 1 aliphatic rings. The highest BCUT2D eigenvalue weighted by molar-refractivity contribution is 5.86. The van der Waals surface area contributed by atoms with Crippen molar-refractivity contribution in [3.05, 3.63) is 48.0 Å². The highest BCUT2D eigenvalue weighted by Gasteiger charge is 2.35. The van der Waals surface area contributed by atoms with E-state index in [1.165, 1.54) is 10.8 Å². The topological polar surface area (TPSA) is 49.4 Å². The lowest BCUT2D eigenvalue weighted by atomic mass is 9.80. The maximum atomic E-state index is 12.7. The van der Waals surface area contributed by atoms with Crippen molar-refractivity contribution in [1.82, 2.24) is 10.2 Å². The quantitative estimate of drug-likeness (QED) is 0.794. The fourth-order valence-corrected chi connectivity index (χ4v) is 4.42. The normalized spacial score (nSPS) is 19.9. The maximum Gasteiger partial charge on any atom is 0.227 e. The van der Waals surface area contributed by atoms with Crippen LogP contribution in [0.15, 0.2) is 42.5 Å². The predicted octanol–water partition coefficient (Wildman–Crippen LogP) is 4.77. The van der Waals surface area contributed by atoms with Gasteiger partial charge < -0.3 is 10.2 Å². The molecule has 3 rings (SSSR count). The first-order chi connectivity index (χ1) is 13.8. The second kappa shape index (κ2) is 8.98. The SMILES string of the molecule is CC[C@@H]1CN(C(=O)C(C)(C)C)CC[C@H]1CC(=O)NCc1cccc2ccccc12. The van der Waals surface area contributed by atoms with Gasteiger partial charge in [-0.2, -0.15) is 0 Å². The van der Waals surface area contributed by atoms with Crippen LogP contribution in [0.2, 0.25) is 0 Å². The van der Waals surface area contributed by atoms with E-state index in [9.17, 15) is 9.59 Å². The fraction of sp³-hybridized carbons (Fsp3) is 0.520. The van der Waals surface area contributed by atoms with E-state index in [0.717, 1.165) is 31.5 Å². The zero-order chi connectivity index (χ0) is 21.0. The molecular formula is C25H34N2O2. The molecule has 2 aromatic carbocycles. The first-order valence-corrected chi connectivity index (χ1v) is 10.8. The number of rotatable bonds is 5. The van der Waals surface area contributed by atoms with Crippen LogP contribution in [0.5, 0.6) is 0 Å². The highest BCUT2D eigenvalue weighted by atomic mass is 16.2. The minimum absolute atomic E-state index is 0.108. The van der Waals surface area contributed by atoms with E-state index in [-0.39, 0.29) is 17.2 Å². The number of nitrogens with one attached hydrogen (secondary N) is 1. The average molecular weight is 395 g/mol. The molecule has 1 aliphatic heterocycles. The van der Waals surface area contributed by atoms with Crippen molar-refractivity contribution < 1.29 is 9.59 Å². The predicted molar refractivity (Wildman–Crippen MR) is 118 cm³/mol. The summed E-state index contributed by atoms with van der Waals surface area (Å²) in [6, 6.07) is 14.5. The maximum absolute atomic E-state index is 12.7. The van der Waals surface area contributed by atoms with Gasteiger partial charge in [0.05, 0.1) is 0 Å². The number of nitrogens with zero attached hydrogens (tertiary/aromatic N) is 1. The molecule has 1 saturated heterocycles. The summed E-state index contributed by atoms with van der Waals surface area (Å²) in [5, 5.41) is 5.51. The summed E-state index contributed by atoms with van der Waals surface area (Å²) in [7, 11) is 0. The van der Waals surface area contributed by atoms with Gasteiger partial charge in [-0.3, -0.25) is 9.59 Å². The van der Waals surface area contributed by atoms with Crippen molar-refractivity contribution in [1.29, 1.82) is 0 Å². The molecule has 0 saturated carbocycles. The van der Waals surface area contributed by atoms with E-state index in [1.54, 1.807) is 0 Å². The number of hydrogen-bond acceptors (Lipinski definition) is 2. The zero-order valence-electron chi connectivity index (χ0n) is 18.2. The number of benzene rings is 2. The van der Waals surface area contributed by atoms with Gasteiger partial charge in [0, 0.05) is 31.5 Å². The Morgan fingerprint density at radius 3 is 2.52 bits per heavy atom. The van der Waals surface area contributed by atoms with Crippen molar-refractivity contribution >= 4 is 22.6 Å². The molecular weight excluding hydrogens is 360 g/mol. The molecule has 2 atom stereocenters. The Morgan fingerprint density at radius 1 is 1.07 bits per heavy atom. The number of carbonyl (C=O) groups excluding carboxylic acids is 2. The molecule has 0 aliphatic carbocycles. The Bertz CT molecular complexity index is 863. The molecule has 2 amide bonds. The van der Waals surface area contributed by atoms with Crippen LogP contribution in [0.1, 0.15) is 52.5 Å². The van der Waals surface area contributed by atoms with Crippen molar-refractivity contribution in [3.8, 4) is 0 Å². The molecule has 1 fully saturated rings. The molecule has 156 valence electrons. The number of hydrogen-bond donors (Lipinski definition) is 1. The lowest BCUT2D eigenvalue weighted by molar-refractivity contribution is -0.142. The van der Waals surface area contributed by atoms with Gasteiger partial charge in [-0.05, 0) is 34.6 Å². The Morgan fingerprint density at radius 2 is 1.79 bits per heavy atom. The van der Waals surface area contributed by atoms with Gasteiger partial charge in [-0.15, -0.1) is 0 Å². The smallest absolute Gasteiger partial charge is 0.227 e. The lowest BCUT2D eigenvalue weighted by Gasteiger charge is -2.40. The van der Waals surface area contributed by atoms with Gasteiger partial charge in [0.2, 0.25) is 11.8 Å². The standard InChI is InChI=1S/C25H34N2O2/c1-5-18-17-27(24(29)25(2,3)4)14-13-20(18)15-23(28)26-16-21-11-8-10-19-9-6-7-12-22(19)21/h6-12,18,20H,5,13-17H2,1-4H3,(H,26,28)/t18-,20+/m1/s1. The molecule has 29 heavy (non-hydrogen) atoms. The van der Waals surface area contributed by atoms with E-state index in [4.69, 9.17) is 0 Å². The molecule has 2 aromatic rings. The summed E-state index contributed by atoms with van der Waals surface area (Å²) >= 11 is 0. The van der Waals surface area contributed by atoms with E-state index in [1.807, 2.05) is 43.9 Å². The van der Waals surface area contributed by atoms with E-state index in [0.29, 0.717) is 24.8 Å². The molecule has 0 bridgehead atoms. The van der Waals surface area contributed by atoms with Crippen LogP contribution < -0.4 is 5.32 Å². The molecule has 0 aromatic heterocycles. The minimum atomic E-state index is -0.346. The monoisotopic (exact) mass is 394 g/mol. The number of piperidine rings is 1. The molecule has 0 spiro atoms. The Labute approximate surface area is 174 Å². The Balaban J connectivity index is 1.57. The van der Waals surface area contributed by atoms with E-state index in [2.05, 4.69) is 36.5 Å². The van der Waals surface area contributed by atoms with Crippen LogP contribution in [0.3, 0.4) is 0 Å². The third-order valence-electron chi connectivity index (χ3n) is 6.15. The van der Waals surface area contributed by atoms with Gasteiger partial charge >= 0.3 is 0 Å². The number of carbonyl (C=O) groups is 2. The second-order valence-electron chi connectivity index (χ2n) is 9.34. The summed E-state index contributed by atoms with van der Waals surface area (Å²) in [5.74, 6) is 1.06. The van der Waals surface area contributed by atoms with E-state index < -0.39 is 0 Å². The van der Waals surface area contributed by atoms with Crippen molar-refractivity contribution in [2.45, 2.75) is 53.5 Å². The average Bonchev–Trinajstić information content (AvgIpc) is 2.71. The second-order valence-corrected chi connectivity index (χ2v) is 9.34. The zero-order valence-corrected chi connectivity index (χ0v) is 18.2. The molecule has 4 heteroatoms. The fourth-order valence-electron chi connectivity index (χ4n) is 4.42. The van der Waals surface area contributed by atoms with Crippen molar-refractivity contribution in [2.24, 2.45) is 17.3 Å².